The Morgan fingerprint density at radius 1 is 1.07 bits per heavy atom. The number of thioether (sulfide) groups is 1. The summed E-state index contributed by atoms with van der Waals surface area (Å²) < 4.78 is 0. The predicted octanol–water partition coefficient (Wildman–Crippen LogP) is 2.57. The summed E-state index contributed by atoms with van der Waals surface area (Å²) in [5.74, 6) is 1.43. The summed E-state index contributed by atoms with van der Waals surface area (Å²) in [6.45, 7) is 0.746. The van der Waals surface area contributed by atoms with E-state index in [2.05, 4.69) is 15.6 Å². The van der Waals surface area contributed by atoms with Crippen LogP contribution in [0.25, 0.3) is 0 Å². The number of aromatic nitrogens is 1. The molecule has 0 unspecified atom stereocenters. The van der Waals surface area contributed by atoms with Crippen LogP contribution < -0.4 is 16.4 Å². The molecule has 0 saturated carbocycles. The molecule has 1 aromatic heterocycles. The zero-order chi connectivity index (χ0) is 19.3. The fourth-order valence-electron chi connectivity index (χ4n) is 2.42. The number of nitrogens with two attached hydrogens (primary N) is 1. The number of nitrogens with zero attached hydrogens (tertiary/aromatic N) is 1. The van der Waals surface area contributed by atoms with Gasteiger partial charge in [-0.05, 0) is 30.5 Å². The number of rotatable bonds is 12. The smallest absolute Gasteiger partial charge is 0.240 e. The number of hydrogen-bond acceptors (Lipinski definition) is 5. The van der Waals surface area contributed by atoms with Crippen molar-refractivity contribution in [2.24, 2.45) is 5.73 Å². The first-order valence-electron chi connectivity index (χ1n) is 9.00. The first-order chi connectivity index (χ1) is 13.1. The molecule has 2 rings (SSSR count). The van der Waals surface area contributed by atoms with Crippen LogP contribution in [0.2, 0.25) is 0 Å². The summed E-state index contributed by atoms with van der Waals surface area (Å²) in [7, 11) is 0. The highest BCUT2D eigenvalue weighted by Crippen LogP contribution is 2.13. The van der Waals surface area contributed by atoms with E-state index in [0.717, 1.165) is 31.0 Å². The summed E-state index contributed by atoms with van der Waals surface area (Å²) >= 11 is 1.58. The van der Waals surface area contributed by atoms with Crippen molar-refractivity contribution in [3.05, 3.63) is 60.3 Å². The molecular weight excluding hydrogens is 360 g/mol. The van der Waals surface area contributed by atoms with E-state index in [0.29, 0.717) is 12.2 Å². The normalized spacial score (nSPS) is 11.6. The average Bonchev–Trinajstić information content (AvgIpc) is 2.68. The Morgan fingerprint density at radius 2 is 1.85 bits per heavy atom. The molecule has 1 atom stereocenters. The fourth-order valence-corrected chi connectivity index (χ4v) is 3.45. The van der Waals surface area contributed by atoms with Crippen LogP contribution in [0, 0.1) is 0 Å². The number of nitrogens with one attached hydrogen (secondary N) is 2. The van der Waals surface area contributed by atoms with Crippen molar-refractivity contribution in [3.8, 4) is 0 Å². The Labute approximate surface area is 164 Å². The van der Waals surface area contributed by atoms with Gasteiger partial charge in [0.25, 0.3) is 0 Å². The van der Waals surface area contributed by atoms with Gasteiger partial charge in [0.1, 0.15) is 11.9 Å². The third-order valence-electron chi connectivity index (χ3n) is 3.88. The maximum Gasteiger partial charge on any atom is 0.240 e. The molecule has 2 amide bonds. The van der Waals surface area contributed by atoms with Gasteiger partial charge in [-0.1, -0.05) is 36.4 Å². The third kappa shape index (κ3) is 8.59. The molecular formula is C20H26N4O2S. The summed E-state index contributed by atoms with van der Waals surface area (Å²) in [5, 5.41) is 5.94. The van der Waals surface area contributed by atoms with Crippen LogP contribution >= 0.6 is 11.8 Å². The van der Waals surface area contributed by atoms with Gasteiger partial charge in [0.2, 0.25) is 11.8 Å². The molecule has 1 heterocycles. The standard InChI is InChI=1S/C20H26N4O2S/c21-20(26)17(15-27-14-16-8-2-1-3-9-16)24-19(25)11-5-7-13-23-18-10-4-6-12-22-18/h1-4,6,8-10,12,17H,5,7,11,13-15H2,(H2,21,26)(H,22,23)(H,24,25)/t17-/m1/s1. The maximum absolute atomic E-state index is 12.1. The Kier molecular flexibility index (Phi) is 9.20. The van der Waals surface area contributed by atoms with Crippen molar-refractivity contribution in [1.82, 2.24) is 10.3 Å². The number of anilines is 1. The average molecular weight is 387 g/mol. The van der Waals surface area contributed by atoms with E-state index in [1.165, 1.54) is 5.56 Å². The summed E-state index contributed by atoms with van der Waals surface area (Å²) in [6.07, 6.45) is 3.68. The van der Waals surface area contributed by atoms with Crippen LogP contribution in [0.1, 0.15) is 24.8 Å². The highest BCUT2D eigenvalue weighted by atomic mass is 32.2. The highest BCUT2D eigenvalue weighted by molar-refractivity contribution is 7.98. The summed E-state index contributed by atoms with van der Waals surface area (Å²) in [6, 6.07) is 15.0. The lowest BCUT2D eigenvalue weighted by atomic mass is 10.2. The number of pyridine rings is 1. The van der Waals surface area contributed by atoms with E-state index in [4.69, 9.17) is 5.73 Å². The minimum atomic E-state index is -0.641. The van der Waals surface area contributed by atoms with Crippen molar-refractivity contribution >= 4 is 29.4 Å². The van der Waals surface area contributed by atoms with Crippen LogP contribution in [-0.4, -0.2) is 35.1 Å². The fraction of sp³-hybridized carbons (Fsp3) is 0.350. The lowest BCUT2D eigenvalue weighted by Crippen LogP contribution is -2.46. The van der Waals surface area contributed by atoms with Gasteiger partial charge >= 0.3 is 0 Å². The van der Waals surface area contributed by atoms with Gasteiger partial charge in [0.05, 0.1) is 0 Å². The molecule has 0 fully saturated rings. The van der Waals surface area contributed by atoms with Gasteiger partial charge in [-0.2, -0.15) is 11.8 Å². The van der Waals surface area contributed by atoms with Crippen molar-refractivity contribution in [2.45, 2.75) is 31.1 Å². The molecule has 0 aliphatic rings. The van der Waals surface area contributed by atoms with E-state index in [1.54, 1.807) is 18.0 Å². The molecule has 4 N–H and O–H groups in total. The minimum absolute atomic E-state index is 0.142. The molecule has 0 spiro atoms. The monoisotopic (exact) mass is 386 g/mol. The number of amides is 2. The maximum atomic E-state index is 12.1. The lowest BCUT2D eigenvalue weighted by Gasteiger charge is -2.15. The van der Waals surface area contributed by atoms with Gasteiger partial charge in [0.15, 0.2) is 0 Å². The van der Waals surface area contributed by atoms with Gasteiger partial charge < -0.3 is 16.4 Å². The van der Waals surface area contributed by atoms with E-state index in [-0.39, 0.29) is 5.91 Å². The van der Waals surface area contributed by atoms with Crippen LogP contribution in [0.4, 0.5) is 5.82 Å². The van der Waals surface area contributed by atoms with Gasteiger partial charge in [-0.25, -0.2) is 4.98 Å². The number of primary amides is 1. The largest absolute Gasteiger partial charge is 0.370 e. The zero-order valence-electron chi connectivity index (χ0n) is 15.3. The first kappa shape index (κ1) is 20.8. The lowest BCUT2D eigenvalue weighted by molar-refractivity contribution is -0.126. The van der Waals surface area contributed by atoms with E-state index in [1.807, 2.05) is 48.5 Å². The molecule has 6 nitrogen and oxygen atoms in total. The van der Waals surface area contributed by atoms with Crippen molar-refractivity contribution < 1.29 is 9.59 Å². The van der Waals surface area contributed by atoms with Gasteiger partial charge in [0, 0.05) is 30.7 Å². The van der Waals surface area contributed by atoms with Gasteiger partial charge in [-0.3, -0.25) is 9.59 Å². The number of unbranched alkanes of at least 4 members (excludes halogenated alkanes) is 1. The van der Waals surface area contributed by atoms with Crippen LogP contribution in [0.3, 0.4) is 0 Å². The van der Waals surface area contributed by atoms with Crippen molar-refractivity contribution in [2.75, 3.05) is 17.6 Å². The minimum Gasteiger partial charge on any atom is -0.370 e. The molecule has 0 radical (unpaired) electrons. The third-order valence-corrected chi connectivity index (χ3v) is 4.98. The molecule has 0 saturated heterocycles. The molecule has 0 aliphatic heterocycles. The number of hydrogen-bond donors (Lipinski definition) is 3. The van der Waals surface area contributed by atoms with E-state index in [9.17, 15) is 9.59 Å². The van der Waals surface area contributed by atoms with E-state index < -0.39 is 11.9 Å². The molecule has 2 aromatic rings. The number of carbonyl (C=O) groups excluding carboxylic acids is 2. The summed E-state index contributed by atoms with van der Waals surface area (Å²) in [4.78, 5) is 27.8. The van der Waals surface area contributed by atoms with Crippen molar-refractivity contribution in [1.29, 1.82) is 0 Å². The first-order valence-corrected chi connectivity index (χ1v) is 10.2. The predicted molar refractivity (Wildman–Crippen MR) is 110 cm³/mol. The number of carbonyl (C=O) groups is 2. The molecule has 144 valence electrons. The van der Waals surface area contributed by atoms with Crippen LogP contribution in [0.5, 0.6) is 0 Å². The molecule has 27 heavy (non-hydrogen) atoms. The second kappa shape index (κ2) is 12.0. The molecule has 0 aliphatic carbocycles. The highest BCUT2D eigenvalue weighted by Gasteiger charge is 2.17. The Balaban J connectivity index is 1.61. The van der Waals surface area contributed by atoms with E-state index >= 15 is 0 Å². The second-order valence-electron chi connectivity index (χ2n) is 6.12. The van der Waals surface area contributed by atoms with Crippen molar-refractivity contribution in [3.63, 3.8) is 0 Å². The molecule has 0 bridgehead atoms. The number of benzene rings is 1. The van der Waals surface area contributed by atoms with Crippen LogP contribution in [-0.2, 0) is 15.3 Å². The topological polar surface area (TPSA) is 97.1 Å². The molecule has 1 aromatic carbocycles. The summed E-state index contributed by atoms with van der Waals surface area (Å²) in [5.41, 5.74) is 6.60. The Hall–Kier alpha value is -2.54. The van der Waals surface area contributed by atoms with Gasteiger partial charge in [-0.15, -0.1) is 0 Å². The quantitative estimate of drug-likeness (QED) is 0.487. The van der Waals surface area contributed by atoms with Crippen LogP contribution in [0.15, 0.2) is 54.7 Å². The zero-order valence-corrected chi connectivity index (χ0v) is 16.1. The second-order valence-corrected chi connectivity index (χ2v) is 7.15. The Bertz CT molecular complexity index is 698. The Morgan fingerprint density at radius 3 is 2.56 bits per heavy atom. The molecule has 7 heteroatoms. The SMILES string of the molecule is NC(=O)[C@@H](CSCc1ccccc1)NC(=O)CCCCNc1ccccn1.